The maximum atomic E-state index is 13.7. The lowest BCUT2D eigenvalue weighted by molar-refractivity contribution is 0.112. The lowest BCUT2D eigenvalue weighted by Crippen LogP contribution is -1.95. The molecular weight excluding hydrogens is 231 g/mol. The lowest BCUT2D eigenvalue weighted by Gasteiger charge is -2.11. The standard InChI is InChI=1S/C15H13FO2/c1-10-7-11(8-12(9-17)15(10)18-2)13-5-3-4-6-14(13)16/h3-9H,1-2H3. The average molecular weight is 244 g/mol. The van der Waals surface area contributed by atoms with Gasteiger partial charge in [0.25, 0.3) is 0 Å². The van der Waals surface area contributed by atoms with E-state index >= 15 is 0 Å². The molecule has 2 nitrogen and oxygen atoms in total. The van der Waals surface area contributed by atoms with E-state index < -0.39 is 0 Å². The van der Waals surface area contributed by atoms with Crippen LogP contribution in [0.3, 0.4) is 0 Å². The summed E-state index contributed by atoms with van der Waals surface area (Å²) in [5, 5.41) is 0. The molecule has 0 saturated carbocycles. The van der Waals surface area contributed by atoms with Gasteiger partial charge in [-0.05, 0) is 36.2 Å². The van der Waals surface area contributed by atoms with Gasteiger partial charge >= 0.3 is 0 Å². The molecular formula is C15H13FO2. The van der Waals surface area contributed by atoms with Gasteiger partial charge in [-0.25, -0.2) is 4.39 Å². The number of aldehydes is 1. The van der Waals surface area contributed by atoms with Gasteiger partial charge < -0.3 is 4.74 Å². The van der Waals surface area contributed by atoms with Gasteiger partial charge in [-0.3, -0.25) is 4.79 Å². The van der Waals surface area contributed by atoms with Gasteiger partial charge in [-0.15, -0.1) is 0 Å². The highest BCUT2D eigenvalue weighted by atomic mass is 19.1. The number of hydrogen-bond donors (Lipinski definition) is 0. The van der Waals surface area contributed by atoms with Crippen molar-refractivity contribution in [1.82, 2.24) is 0 Å². The first-order valence-electron chi connectivity index (χ1n) is 5.56. The lowest BCUT2D eigenvalue weighted by atomic mass is 9.99. The molecule has 0 spiro atoms. The van der Waals surface area contributed by atoms with Crippen molar-refractivity contribution in [3.05, 3.63) is 53.3 Å². The zero-order valence-electron chi connectivity index (χ0n) is 10.2. The number of aryl methyl sites for hydroxylation is 1. The molecule has 0 heterocycles. The third kappa shape index (κ3) is 2.12. The predicted molar refractivity (Wildman–Crippen MR) is 68.5 cm³/mol. The molecule has 0 amide bonds. The van der Waals surface area contributed by atoms with E-state index in [-0.39, 0.29) is 5.82 Å². The number of carbonyl (C=O) groups is 1. The first-order valence-corrected chi connectivity index (χ1v) is 5.56. The highest BCUT2D eigenvalue weighted by Crippen LogP contribution is 2.30. The topological polar surface area (TPSA) is 26.3 Å². The van der Waals surface area contributed by atoms with Crippen molar-refractivity contribution in [3.63, 3.8) is 0 Å². The molecule has 3 heteroatoms. The zero-order chi connectivity index (χ0) is 13.1. The van der Waals surface area contributed by atoms with Crippen LogP contribution in [0, 0.1) is 12.7 Å². The number of hydrogen-bond acceptors (Lipinski definition) is 2. The minimum Gasteiger partial charge on any atom is -0.496 e. The van der Waals surface area contributed by atoms with Gasteiger partial charge in [-0.2, -0.15) is 0 Å². The molecule has 2 aromatic carbocycles. The summed E-state index contributed by atoms with van der Waals surface area (Å²) in [6.45, 7) is 1.83. The summed E-state index contributed by atoms with van der Waals surface area (Å²) in [6.07, 6.45) is 0.718. The largest absolute Gasteiger partial charge is 0.496 e. The summed E-state index contributed by atoms with van der Waals surface area (Å²) in [5.74, 6) is 0.226. The molecule has 0 atom stereocenters. The zero-order valence-corrected chi connectivity index (χ0v) is 10.2. The quantitative estimate of drug-likeness (QED) is 0.771. The van der Waals surface area contributed by atoms with E-state index in [0.29, 0.717) is 22.4 Å². The SMILES string of the molecule is COc1c(C)cc(-c2ccccc2F)cc1C=O. The fourth-order valence-corrected chi connectivity index (χ4v) is 2.02. The Morgan fingerprint density at radius 3 is 2.56 bits per heavy atom. The Kier molecular flexibility index (Phi) is 3.42. The number of ether oxygens (including phenoxy) is 1. The number of carbonyl (C=O) groups excluding carboxylic acids is 1. The van der Waals surface area contributed by atoms with E-state index in [0.717, 1.165) is 11.8 Å². The Morgan fingerprint density at radius 1 is 1.22 bits per heavy atom. The van der Waals surface area contributed by atoms with Crippen LogP contribution in [0.5, 0.6) is 5.75 Å². The normalized spacial score (nSPS) is 10.2. The molecule has 0 aliphatic rings. The van der Waals surface area contributed by atoms with Crippen LogP contribution in [0.25, 0.3) is 11.1 Å². The maximum absolute atomic E-state index is 13.7. The molecule has 0 aliphatic carbocycles. The second kappa shape index (κ2) is 5.00. The Labute approximate surface area is 105 Å². The van der Waals surface area contributed by atoms with Gasteiger partial charge in [0, 0.05) is 5.56 Å². The predicted octanol–water partition coefficient (Wildman–Crippen LogP) is 3.62. The summed E-state index contributed by atoms with van der Waals surface area (Å²) in [6, 6.07) is 9.93. The van der Waals surface area contributed by atoms with E-state index in [1.54, 1.807) is 24.3 Å². The average Bonchev–Trinajstić information content (AvgIpc) is 2.38. The van der Waals surface area contributed by atoms with Gasteiger partial charge in [0.1, 0.15) is 11.6 Å². The van der Waals surface area contributed by atoms with E-state index in [1.807, 2.05) is 13.0 Å². The third-order valence-electron chi connectivity index (χ3n) is 2.82. The third-order valence-corrected chi connectivity index (χ3v) is 2.82. The molecule has 2 aromatic rings. The van der Waals surface area contributed by atoms with Gasteiger partial charge in [0.2, 0.25) is 0 Å². The van der Waals surface area contributed by atoms with Crippen molar-refractivity contribution in [2.24, 2.45) is 0 Å². The summed E-state index contributed by atoms with van der Waals surface area (Å²) >= 11 is 0. The summed E-state index contributed by atoms with van der Waals surface area (Å²) in [5.41, 5.74) is 2.39. The molecule has 0 aliphatic heterocycles. The first kappa shape index (κ1) is 12.3. The summed E-state index contributed by atoms with van der Waals surface area (Å²) in [7, 11) is 1.51. The van der Waals surface area contributed by atoms with Gasteiger partial charge in [-0.1, -0.05) is 18.2 Å². The molecule has 0 unspecified atom stereocenters. The van der Waals surface area contributed by atoms with Crippen molar-refractivity contribution in [2.45, 2.75) is 6.92 Å². The highest BCUT2D eigenvalue weighted by Gasteiger charge is 2.11. The Hall–Kier alpha value is -2.16. The van der Waals surface area contributed by atoms with E-state index in [1.165, 1.54) is 13.2 Å². The number of benzene rings is 2. The highest BCUT2D eigenvalue weighted by molar-refractivity contribution is 5.84. The molecule has 2 rings (SSSR count). The van der Waals surface area contributed by atoms with E-state index in [2.05, 4.69) is 0 Å². The molecule has 0 radical (unpaired) electrons. The minimum absolute atomic E-state index is 0.307. The Morgan fingerprint density at radius 2 is 1.94 bits per heavy atom. The van der Waals surface area contributed by atoms with E-state index in [9.17, 15) is 9.18 Å². The minimum atomic E-state index is -0.307. The smallest absolute Gasteiger partial charge is 0.153 e. The van der Waals surface area contributed by atoms with Crippen molar-refractivity contribution in [2.75, 3.05) is 7.11 Å². The fraction of sp³-hybridized carbons (Fsp3) is 0.133. The second-order valence-electron chi connectivity index (χ2n) is 4.01. The van der Waals surface area contributed by atoms with Crippen LogP contribution in [-0.4, -0.2) is 13.4 Å². The maximum Gasteiger partial charge on any atom is 0.153 e. The summed E-state index contributed by atoms with van der Waals surface area (Å²) in [4.78, 5) is 11.0. The Balaban J connectivity index is 2.64. The molecule has 0 fully saturated rings. The van der Waals surface area contributed by atoms with Crippen LogP contribution >= 0.6 is 0 Å². The van der Waals surface area contributed by atoms with Gasteiger partial charge in [0.05, 0.1) is 12.7 Å². The van der Waals surface area contributed by atoms with Crippen molar-refractivity contribution >= 4 is 6.29 Å². The van der Waals surface area contributed by atoms with Crippen molar-refractivity contribution in [3.8, 4) is 16.9 Å². The monoisotopic (exact) mass is 244 g/mol. The van der Waals surface area contributed by atoms with Crippen LogP contribution in [-0.2, 0) is 0 Å². The van der Waals surface area contributed by atoms with Crippen LogP contribution in [0.1, 0.15) is 15.9 Å². The van der Waals surface area contributed by atoms with Crippen molar-refractivity contribution in [1.29, 1.82) is 0 Å². The van der Waals surface area contributed by atoms with Crippen LogP contribution < -0.4 is 4.74 Å². The fourth-order valence-electron chi connectivity index (χ4n) is 2.02. The molecule has 0 aromatic heterocycles. The van der Waals surface area contributed by atoms with Gasteiger partial charge in [0.15, 0.2) is 6.29 Å². The van der Waals surface area contributed by atoms with Crippen molar-refractivity contribution < 1.29 is 13.9 Å². The number of rotatable bonds is 3. The van der Waals surface area contributed by atoms with Crippen LogP contribution in [0.2, 0.25) is 0 Å². The molecule has 92 valence electrons. The molecule has 18 heavy (non-hydrogen) atoms. The summed E-state index contributed by atoms with van der Waals surface area (Å²) < 4.78 is 18.9. The number of halogens is 1. The number of methoxy groups -OCH3 is 1. The second-order valence-corrected chi connectivity index (χ2v) is 4.01. The van der Waals surface area contributed by atoms with Crippen LogP contribution in [0.15, 0.2) is 36.4 Å². The molecule has 0 N–H and O–H groups in total. The first-order chi connectivity index (χ1) is 8.67. The molecule has 0 saturated heterocycles. The van der Waals surface area contributed by atoms with Crippen LogP contribution in [0.4, 0.5) is 4.39 Å². The Bertz CT molecular complexity index is 591. The van der Waals surface area contributed by atoms with E-state index in [4.69, 9.17) is 4.74 Å². The molecule has 0 bridgehead atoms.